The number of nitrogens with one attached hydrogen (secondary N) is 1. The Morgan fingerprint density at radius 3 is 2.87 bits per heavy atom. The summed E-state index contributed by atoms with van der Waals surface area (Å²) in [6.45, 7) is 1.98. The van der Waals surface area contributed by atoms with E-state index in [-0.39, 0.29) is 0 Å². The third-order valence-electron chi connectivity index (χ3n) is 3.74. The summed E-state index contributed by atoms with van der Waals surface area (Å²) in [5, 5.41) is 7.70. The van der Waals surface area contributed by atoms with E-state index in [4.69, 9.17) is 0 Å². The van der Waals surface area contributed by atoms with E-state index >= 15 is 0 Å². The van der Waals surface area contributed by atoms with Crippen LogP contribution in [0.3, 0.4) is 0 Å². The summed E-state index contributed by atoms with van der Waals surface area (Å²) < 4.78 is 3.85. The van der Waals surface area contributed by atoms with E-state index in [0.717, 1.165) is 34.2 Å². The highest BCUT2D eigenvalue weighted by atomic mass is 15.3. The van der Waals surface area contributed by atoms with Crippen molar-refractivity contribution in [2.24, 2.45) is 0 Å². The lowest BCUT2D eigenvalue weighted by Gasteiger charge is -2.07. The first-order valence-electron chi connectivity index (χ1n) is 7.39. The molecule has 6 heteroatoms. The maximum Gasteiger partial charge on any atom is 0.154 e. The molecule has 0 aliphatic rings. The monoisotopic (exact) mass is 304 g/mol. The molecular formula is C17H16N6. The predicted molar refractivity (Wildman–Crippen MR) is 89.8 cm³/mol. The Balaban J connectivity index is 1.91. The van der Waals surface area contributed by atoms with E-state index in [0.29, 0.717) is 0 Å². The molecule has 114 valence electrons. The van der Waals surface area contributed by atoms with E-state index in [9.17, 15) is 0 Å². The normalized spacial score (nSPS) is 11.0. The zero-order valence-corrected chi connectivity index (χ0v) is 12.9. The van der Waals surface area contributed by atoms with E-state index in [2.05, 4.69) is 20.4 Å². The number of imidazole rings is 1. The Labute approximate surface area is 133 Å². The predicted octanol–water partition coefficient (Wildman–Crippen LogP) is 2.93. The molecule has 0 unspecified atom stereocenters. The van der Waals surface area contributed by atoms with Gasteiger partial charge in [-0.2, -0.15) is 0 Å². The summed E-state index contributed by atoms with van der Waals surface area (Å²) in [5.41, 5.74) is 3.90. The average Bonchev–Trinajstić information content (AvgIpc) is 3.20. The van der Waals surface area contributed by atoms with Gasteiger partial charge in [-0.25, -0.2) is 14.6 Å². The molecule has 23 heavy (non-hydrogen) atoms. The van der Waals surface area contributed by atoms with Gasteiger partial charge in [0.05, 0.1) is 5.69 Å². The van der Waals surface area contributed by atoms with Crippen LogP contribution in [0.2, 0.25) is 0 Å². The maximum absolute atomic E-state index is 4.60. The molecule has 6 nitrogen and oxygen atoms in total. The summed E-state index contributed by atoms with van der Waals surface area (Å²) in [6.07, 6.45) is 5.77. The van der Waals surface area contributed by atoms with Crippen molar-refractivity contribution in [3.05, 3.63) is 60.7 Å². The molecule has 0 saturated carbocycles. The van der Waals surface area contributed by atoms with E-state index in [1.54, 1.807) is 6.20 Å². The summed E-state index contributed by atoms with van der Waals surface area (Å²) in [7, 11) is 1.86. The number of fused-ring (bicyclic) bond motifs is 1. The van der Waals surface area contributed by atoms with Crippen LogP contribution in [0.1, 0.15) is 5.69 Å². The molecular weight excluding hydrogens is 288 g/mol. The number of anilines is 1. The average molecular weight is 304 g/mol. The highest BCUT2D eigenvalue weighted by Gasteiger charge is 2.13. The fraction of sp³-hybridized carbons (Fsp3) is 0.118. The van der Waals surface area contributed by atoms with Crippen LogP contribution in [0.15, 0.2) is 55.0 Å². The first-order valence-corrected chi connectivity index (χ1v) is 7.39. The van der Waals surface area contributed by atoms with Gasteiger partial charge in [0, 0.05) is 43.0 Å². The minimum Gasteiger partial charge on any atom is -0.372 e. The number of hydrogen-bond acceptors (Lipinski definition) is 4. The van der Waals surface area contributed by atoms with Gasteiger partial charge in [0.15, 0.2) is 5.82 Å². The molecule has 0 radical (unpaired) electrons. The van der Waals surface area contributed by atoms with Crippen molar-refractivity contribution in [1.82, 2.24) is 24.1 Å². The summed E-state index contributed by atoms with van der Waals surface area (Å²) in [4.78, 5) is 8.87. The molecule has 4 heterocycles. The lowest BCUT2D eigenvalue weighted by molar-refractivity contribution is 0.849. The molecule has 4 rings (SSSR count). The second-order valence-corrected chi connectivity index (χ2v) is 5.32. The second kappa shape index (κ2) is 5.24. The smallest absolute Gasteiger partial charge is 0.154 e. The maximum atomic E-state index is 4.60. The number of pyridine rings is 2. The van der Waals surface area contributed by atoms with E-state index < -0.39 is 0 Å². The van der Waals surface area contributed by atoms with Gasteiger partial charge in [-0.05, 0) is 31.2 Å². The summed E-state index contributed by atoms with van der Waals surface area (Å²) in [5.74, 6) is 1.60. The van der Waals surface area contributed by atoms with Gasteiger partial charge in [0.2, 0.25) is 0 Å². The first-order chi connectivity index (χ1) is 11.2. The van der Waals surface area contributed by atoms with Gasteiger partial charge >= 0.3 is 0 Å². The van der Waals surface area contributed by atoms with Crippen molar-refractivity contribution in [3.8, 4) is 17.1 Å². The first kappa shape index (κ1) is 13.5. The lowest BCUT2D eigenvalue weighted by Crippen LogP contribution is -2.03. The van der Waals surface area contributed by atoms with Crippen LogP contribution in [0.4, 0.5) is 5.82 Å². The molecule has 0 bridgehead atoms. The molecule has 1 N–H and O–H groups in total. The van der Waals surface area contributed by atoms with Crippen molar-refractivity contribution < 1.29 is 0 Å². The fourth-order valence-corrected chi connectivity index (χ4v) is 2.60. The minimum atomic E-state index is 0.798. The van der Waals surface area contributed by atoms with E-state index in [1.807, 2.05) is 71.8 Å². The molecule has 0 saturated heterocycles. The molecule has 0 aliphatic heterocycles. The number of hydrogen-bond donors (Lipinski definition) is 1. The molecule has 4 aromatic rings. The SMILES string of the molecule is CNc1cc(-c2ccc3nccn3c2)n(-c2cccc(C)n2)n1. The molecule has 0 spiro atoms. The van der Waals surface area contributed by atoms with Crippen molar-refractivity contribution in [2.45, 2.75) is 6.92 Å². The zero-order chi connectivity index (χ0) is 15.8. The van der Waals surface area contributed by atoms with Gasteiger partial charge in [-0.15, -0.1) is 5.10 Å². The molecule has 0 fully saturated rings. The second-order valence-electron chi connectivity index (χ2n) is 5.32. The fourth-order valence-electron chi connectivity index (χ4n) is 2.60. The third-order valence-corrected chi connectivity index (χ3v) is 3.74. The Bertz CT molecular complexity index is 982. The van der Waals surface area contributed by atoms with Crippen molar-refractivity contribution >= 4 is 11.5 Å². The van der Waals surface area contributed by atoms with Gasteiger partial charge in [-0.3, -0.25) is 0 Å². The summed E-state index contributed by atoms with van der Waals surface area (Å²) in [6, 6.07) is 12.0. The van der Waals surface area contributed by atoms with Gasteiger partial charge in [0.25, 0.3) is 0 Å². The van der Waals surface area contributed by atoms with Crippen molar-refractivity contribution in [2.75, 3.05) is 12.4 Å². The van der Waals surface area contributed by atoms with Crippen molar-refractivity contribution in [1.29, 1.82) is 0 Å². The van der Waals surface area contributed by atoms with Gasteiger partial charge < -0.3 is 9.72 Å². The molecule has 0 amide bonds. The highest BCUT2D eigenvalue weighted by molar-refractivity contribution is 5.66. The Kier molecular flexibility index (Phi) is 3.08. The van der Waals surface area contributed by atoms with Crippen LogP contribution in [0.5, 0.6) is 0 Å². The molecule has 0 aliphatic carbocycles. The van der Waals surface area contributed by atoms with Crippen LogP contribution in [-0.4, -0.2) is 31.2 Å². The minimum absolute atomic E-state index is 0.798. The Morgan fingerprint density at radius 2 is 2.04 bits per heavy atom. The van der Waals surface area contributed by atoms with Crippen LogP contribution in [-0.2, 0) is 0 Å². The number of rotatable bonds is 3. The molecule has 4 aromatic heterocycles. The number of aryl methyl sites for hydroxylation is 1. The van der Waals surface area contributed by atoms with Crippen LogP contribution < -0.4 is 5.32 Å². The van der Waals surface area contributed by atoms with Crippen LogP contribution in [0, 0.1) is 6.92 Å². The zero-order valence-electron chi connectivity index (χ0n) is 12.9. The van der Waals surface area contributed by atoms with Gasteiger partial charge in [0.1, 0.15) is 11.5 Å². The largest absolute Gasteiger partial charge is 0.372 e. The number of nitrogens with zero attached hydrogens (tertiary/aromatic N) is 5. The highest BCUT2D eigenvalue weighted by Crippen LogP contribution is 2.25. The Hall–Kier alpha value is -3.15. The third kappa shape index (κ3) is 2.34. The quantitative estimate of drug-likeness (QED) is 0.632. The van der Waals surface area contributed by atoms with Gasteiger partial charge in [-0.1, -0.05) is 6.07 Å². The summed E-state index contributed by atoms with van der Waals surface area (Å²) >= 11 is 0. The van der Waals surface area contributed by atoms with Crippen LogP contribution >= 0.6 is 0 Å². The topological polar surface area (TPSA) is 60.0 Å². The number of aromatic nitrogens is 5. The standard InChI is InChI=1S/C17H16N6/c1-12-4-3-5-17(20-12)23-14(10-15(18-2)21-23)13-6-7-16-19-8-9-22(16)11-13/h3-11H,1-2H3,(H,18,21). The van der Waals surface area contributed by atoms with E-state index in [1.165, 1.54) is 0 Å². The Morgan fingerprint density at radius 1 is 1.13 bits per heavy atom. The lowest BCUT2D eigenvalue weighted by atomic mass is 10.2. The van der Waals surface area contributed by atoms with Crippen molar-refractivity contribution in [3.63, 3.8) is 0 Å². The van der Waals surface area contributed by atoms with Crippen LogP contribution in [0.25, 0.3) is 22.7 Å². The molecule has 0 atom stereocenters. The molecule has 0 aromatic carbocycles.